The molecule has 0 saturated heterocycles. The van der Waals surface area contributed by atoms with Crippen LogP contribution in [0.25, 0.3) is 23.1 Å². The molecule has 0 aliphatic heterocycles. The first-order valence-corrected chi connectivity index (χ1v) is 10.3. The van der Waals surface area contributed by atoms with Crippen molar-refractivity contribution < 1.29 is 4.74 Å². The van der Waals surface area contributed by atoms with E-state index < -0.39 is 0 Å². The van der Waals surface area contributed by atoms with Crippen LogP contribution in [-0.4, -0.2) is 23.1 Å². The Morgan fingerprint density at radius 3 is 2.35 bits per heavy atom. The van der Waals surface area contributed by atoms with Gasteiger partial charge in [-0.05, 0) is 67.7 Å². The summed E-state index contributed by atoms with van der Waals surface area (Å²) in [7, 11) is 1.68. The molecular weight excluding hydrogens is 455 g/mol. The Hall–Kier alpha value is -1.89. The zero-order valence-corrected chi connectivity index (χ0v) is 19.6. The van der Waals surface area contributed by atoms with Gasteiger partial charge in [0.2, 0.25) is 0 Å². The number of methoxy groups -OCH3 is 1. The van der Waals surface area contributed by atoms with Gasteiger partial charge in [-0.25, -0.2) is 9.97 Å². The lowest BCUT2D eigenvalue weighted by molar-refractivity contribution is 0.344. The van der Waals surface area contributed by atoms with Gasteiger partial charge in [0.05, 0.1) is 18.3 Å². The number of nitrogens with two attached hydrogens (primary N) is 1. The maximum atomic E-state index is 5.98. The van der Waals surface area contributed by atoms with Crippen molar-refractivity contribution in [2.75, 3.05) is 7.11 Å². The standard InChI is InChI=1S/C23H25ClN4O.2ClH/c1-29-19-11-12-21-20(14-19)23(16-5-9-18(28-25)10-6-16)27-22(26-21)13-4-15-2-7-17(24)8-3-15;;/h2-4,7-8,11-14,16,18,28H,5-6,9-10,25H2,1H3;2*1H/t16-,18+;;. The van der Waals surface area contributed by atoms with Crippen LogP contribution < -0.4 is 16.0 Å². The van der Waals surface area contributed by atoms with E-state index in [-0.39, 0.29) is 24.8 Å². The summed E-state index contributed by atoms with van der Waals surface area (Å²) in [5.41, 5.74) is 6.00. The summed E-state index contributed by atoms with van der Waals surface area (Å²) in [6, 6.07) is 14.1. The summed E-state index contributed by atoms with van der Waals surface area (Å²) in [6.07, 6.45) is 8.18. The van der Waals surface area contributed by atoms with Gasteiger partial charge in [-0.3, -0.25) is 11.3 Å². The van der Waals surface area contributed by atoms with Crippen LogP contribution in [0.5, 0.6) is 5.75 Å². The Morgan fingerprint density at radius 2 is 1.71 bits per heavy atom. The maximum Gasteiger partial charge on any atom is 0.152 e. The highest BCUT2D eigenvalue weighted by Gasteiger charge is 2.25. The minimum absolute atomic E-state index is 0. The number of hydrogen-bond donors (Lipinski definition) is 2. The summed E-state index contributed by atoms with van der Waals surface area (Å²) in [4.78, 5) is 9.71. The van der Waals surface area contributed by atoms with Crippen LogP contribution >= 0.6 is 36.4 Å². The maximum absolute atomic E-state index is 5.98. The van der Waals surface area contributed by atoms with E-state index >= 15 is 0 Å². The van der Waals surface area contributed by atoms with Crippen LogP contribution in [0.1, 0.15) is 48.7 Å². The van der Waals surface area contributed by atoms with Crippen LogP contribution in [0.15, 0.2) is 42.5 Å². The molecule has 31 heavy (non-hydrogen) atoms. The molecule has 3 aromatic rings. The Bertz CT molecular complexity index is 1020. The summed E-state index contributed by atoms with van der Waals surface area (Å²) >= 11 is 5.98. The van der Waals surface area contributed by atoms with Gasteiger partial charge < -0.3 is 4.74 Å². The van der Waals surface area contributed by atoms with Crippen molar-refractivity contribution in [2.24, 2.45) is 5.84 Å². The molecule has 5 nitrogen and oxygen atoms in total. The van der Waals surface area contributed by atoms with E-state index in [4.69, 9.17) is 32.1 Å². The van der Waals surface area contributed by atoms with E-state index in [1.54, 1.807) is 7.11 Å². The van der Waals surface area contributed by atoms with Gasteiger partial charge in [-0.2, -0.15) is 0 Å². The third-order valence-electron chi connectivity index (χ3n) is 5.59. The normalized spacial score (nSPS) is 18.4. The van der Waals surface area contributed by atoms with Crippen LogP contribution in [-0.2, 0) is 0 Å². The van der Waals surface area contributed by atoms with Crippen molar-refractivity contribution in [3.05, 3.63) is 64.6 Å². The molecule has 1 heterocycles. The molecule has 0 radical (unpaired) electrons. The minimum atomic E-state index is 0. The number of nitrogens with one attached hydrogen (secondary N) is 1. The molecule has 8 heteroatoms. The van der Waals surface area contributed by atoms with Crippen molar-refractivity contribution in [1.82, 2.24) is 15.4 Å². The third-order valence-corrected chi connectivity index (χ3v) is 5.85. The fourth-order valence-corrected chi connectivity index (χ4v) is 4.07. The highest BCUT2D eigenvalue weighted by molar-refractivity contribution is 6.30. The summed E-state index contributed by atoms with van der Waals surface area (Å²) < 4.78 is 5.44. The summed E-state index contributed by atoms with van der Waals surface area (Å²) in [5.74, 6) is 7.56. The fraction of sp³-hybridized carbons (Fsp3) is 0.304. The topological polar surface area (TPSA) is 73.1 Å². The van der Waals surface area contributed by atoms with E-state index in [0.29, 0.717) is 17.8 Å². The van der Waals surface area contributed by atoms with Crippen LogP contribution in [0.4, 0.5) is 0 Å². The molecule has 4 rings (SSSR count). The van der Waals surface area contributed by atoms with Gasteiger partial charge in [-0.1, -0.05) is 29.8 Å². The Labute approximate surface area is 200 Å². The van der Waals surface area contributed by atoms with E-state index in [1.807, 2.05) is 54.6 Å². The second kappa shape index (κ2) is 11.7. The first-order chi connectivity index (χ1) is 14.2. The lowest BCUT2D eigenvalue weighted by Crippen LogP contribution is -2.37. The minimum Gasteiger partial charge on any atom is -0.497 e. The van der Waals surface area contributed by atoms with E-state index in [2.05, 4.69) is 5.43 Å². The Balaban J connectivity index is 0.00000171. The van der Waals surface area contributed by atoms with E-state index in [9.17, 15) is 0 Å². The second-order valence-corrected chi connectivity index (χ2v) is 7.89. The SMILES string of the molecule is COc1ccc2nc(C=Cc3ccc(Cl)cc3)nc([C@H]3CC[C@@H](NN)CC3)c2c1.Cl.Cl. The van der Waals surface area contributed by atoms with E-state index in [0.717, 1.165) is 58.6 Å². The number of halogens is 3. The Morgan fingerprint density at radius 1 is 1.00 bits per heavy atom. The van der Waals surface area contributed by atoms with Crippen molar-refractivity contribution >= 4 is 59.5 Å². The molecule has 0 atom stereocenters. The molecule has 166 valence electrons. The number of benzene rings is 2. The van der Waals surface area contributed by atoms with Crippen molar-refractivity contribution in [1.29, 1.82) is 0 Å². The Kier molecular flexibility index (Phi) is 9.54. The second-order valence-electron chi connectivity index (χ2n) is 7.45. The van der Waals surface area contributed by atoms with Gasteiger partial charge in [0, 0.05) is 22.4 Å². The lowest BCUT2D eigenvalue weighted by Gasteiger charge is -2.28. The first-order valence-electron chi connectivity index (χ1n) is 9.91. The number of fused-ring (bicyclic) bond motifs is 1. The van der Waals surface area contributed by atoms with Crippen LogP contribution in [0.3, 0.4) is 0 Å². The fourth-order valence-electron chi connectivity index (χ4n) is 3.94. The predicted octanol–water partition coefficient (Wildman–Crippen LogP) is 5.80. The average Bonchev–Trinajstić information content (AvgIpc) is 2.78. The van der Waals surface area contributed by atoms with Crippen molar-refractivity contribution in [2.45, 2.75) is 37.6 Å². The molecule has 1 saturated carbocycles. The summed E-state index contributed by atoms with van der Waals surface area (Å²) in [5, 5.41) is 1.79. The van der Waals surface area contributed by atoms with Crippen molar-refractivity contribution in [3.63, 3.8) is 0 Å². The predicted molar refractivity (Wildman–Crippen MR) is 133 cm³/mol. The monoisotopic (exact) mass is 480 g/mol. The highest BCUT2D eigenvalue weighted by atomic mass is 35.5. The highest BCUT2D eigenvalue weighted by Crippen LogP contribution is 2.36. The van der Waals surface area contributed by atoms with Crippen LogP contribution in [0.2, 0.25) is 5.02 Å². The molecule has 0 spiro atoms. The molecule has 1 aliphatic carbocycles. The molecule has 0 unspecified atom stereocenters. The molecule has 1 aliphatic rings. The van der Waals surface area contributed by atoms with Crippen molar-refractivity contribution in [3.8, 4) is 5.75 Å². The molecule has 1 fully saturated rings. The average molecular weight is 482 g/mol. The largest absolute Gasteiger partial charge is 0.497 e. The number of ether oxygens (including phenoxy) is 1. The lowest BCUT2D eigenvalue weighted by atomic mass is 9.83. The van der Waals surface area contributed by atoms with Gasteiger partial charge in [0.15, 0.2) is 5.82 Å². The number of nitrogens with zero attached hydrogens (tertiary/aromatic N) is 2. The zero-order valence-electron chi connectivity index (χ0n) is 17.3. The zero-order chi connectivity index (χ0) is 20.2. The van der Waals surface area contributed by atoms with Gasteiger partial charge in [0.1, 0.15) is 5.75 Å². The molecule has 1 aromatic heterocycles. The number of hydrogen-bond acceptors (Lipinski definition) is 5. The van der Waals surface area contributed by atoms with Gasteiger partial charge >= 0.3 is 0 Å². The molecule has 2 aromatic carbocycles. The van der Waals surface area contributed by atoms with Gasteiger partial charge in [0.25, 0.3) is 0 Å². The number of hydrazine groups is 1. The van der Waals surface area contributed by atoms with Gasteiger partial charge in [-0.15, -0.1) is 24.8 Å². The van der Waals surface area contributed by atoms with Crippen LogP contribution in [0, 0.1) is 0 Å². The smallest absolute Gasteiger partial charge is 0.152 e. The molecule has 0 amide bonds. The molecule has 0 bridgehead atoms. The molecule has 3 N–H and O–H groups in total. The summed E-state index contributed by atoms with van der Waals surface area (Å²) in [6.45, 7) is 0. The molecular formula is C23H27Cl3N4O. The quantitative estimate of drug-likeness (QED) is 0.356. The number of aromatic nitrogens is 2. The van der Waals surface area contributed by atoms with E-state index in [1.165, 1.54) is 0 Å². The third kappa shape index (κ3) is 6.09. The number of rotatable bonds is 5. The first kappa shape index (κ1) is 25.4.